The zero-order valence-electron chi connectivity index (χ0n) is 26.9. The zero-order valence-corrected chi connectivity index (χ0v) is 26.9. The second-order valence-electron chi connectivity index (χ2n) is 9.95. The smallest absolute Gasteiger partial charge is 0.330 e. The molecule has 7 atom stereocenters. The van der Waals surface area contributed by atoms with Crippen LogP contribution in [0.4, 0.5) is 0 Å². The maximum Gasteiger partial charge on any atom is 0.330 e. The largest absolute Gasteiger partial charge is 0.478 e. The molecule has 13 nitrogen and oxygen atoms in total. The third-order valence-electron chi connectivity index (χ3n) is 4.33. The highest BCUT2D eigenvalue weighted by Crippen LogP contribution is 2.00. The Morgan fingerprint density at radius 3 is 0.881 bits per heavy atom. The number of aliphatic hydroxyl groups is 4. The highest BCUT2D eigenvalue weighted by molar-refractivity contribution is 5.85. The third-order valence-corrected chi connectivity index (χ3v) is 4.33. The zero-order chi connectivity index (χ0) is 33.8. The maximum absolute atomic E-state index is 9.60. The number of ether oxygens (including phenoxy) is 5. The topological polar surface area (TPSA) is 202 Å². The molecule has 0 aromatic heterocycles. The van der Waals surface area contributed by atoms with Crippen LogP contribution in [0, 0.1) is 0 Å². The van der Waals surface area contributed by atoms with Gasteiger partial charge >= 0.3 is 11.9 Å². The molecule has 0 aromatic carbocycles. The second kappa shape index (κ2) is 30.5. The molecule has 42 heavy (non-hydrogen) atoms. The van der Waals surface area contributed by atoms with Crippen LogP contribution < -0.4 is 0 Å². The molecule has 7 unspecified atom stereocenters. The first-order valence-electron chi connectivity index (χ1n) is 13.7. The number of hydrogen-bond acceptors (Lipinski definition) is 11. The molecule has 0 bridgehead atoms. The van der Waals surface area contributed by atoms with Crippen LogP contribution in [0.3, 0.4) is 0 Å². The lowest BCUT2D eigenvalue weighted by Gasteiger charge is -2.19. The van der Waals surface area contributed by atoms with Crippen molar-refractivity contribution in [3.8, 4) is 0 Å². The van der Waals surface area contributed by atoms with Gasteiger partial charge in [0.15, 0.2) is 0 Å². The van der Waals surface area contributed by atoms with E-state index in [1.807, 2.05) is 20.8 Å². The van der Waals surface area contributed by atoms with Crippen molar-refractivity contribution in [2.45, 2.75) is 105 Å². The number of hydrogen-bond donors (Lipinski definition) is 6. The van der Waals surface area contributed by atoms with Crippen LogP contribution in [0.1, 0.15) is 62.3 Å². The summed E-state index contributed by atoms with van der Waals surface area (Å²) in [7, 11) is 0. The Morgan fingerprint density at radius 2 is 0.714 bits per heavy atom. The summed E-state index contributed by atoms with van der Waals surface area (Å²) in [5.74, 6) is -1.87. The molecule has 0 aliphatic carbocycles. The van der Waals surface area contributed by atoms with Crippen molar-refractivity contribution in [3.05, 3.63) is 24.3 Å². The van der Waals surface area contributed by atoms with E-state index in [-0.39, 0.29) is 54.9 Å². The van der Waals surface area contributed by atoms with E-state index in [1.165, 1.54) is 13.8 Å². The first-order chi connectivity index (χ1) is 19.3. The Balaban J connectivity index is -0.000000253. The van der Waals surface area contributed by atoms with Crippen LogP contribution in [-0.4, -0.2) is 132 Å². The molecule has 0 amide bonds. The Kier molecular flexibility index (Phi) is 34.2. The Hall–Kier alpha value is -1.94. The fourth-order valence-corrected chi connectivity index (χ4v) is 1.76. The van der Waals surface area contributed by atoms with Gasteiger partial charge in [-0.25, -0.2) is 9.59 Å². The lowest BCUT2D eigenvalue weighted by molar-refractivity contribution is -0.133. The molecule has 0 aliphatic rings. The van der Waals surface area contributed by atoms with Gasteiger partial charge < -0.3 is 54.3 Å². The van der Waals surface area contributed by atoms with Crippen molar-refractivity contribution in [1.82, 2.24) is 0 Å². The molecule has 0 saturated heterocycles. The van der Waals surface area contributed by atoms with Crippen molar-refractivity contribution in [3.63, 3.8) is 0 Å². The van der Waals surface area contributed by atoms with Gasteiger partial charge in [0.25, 0.3) is 0 Å². The number of rotatable bonds is 19. The van der Waals surface area contributed by atoms with Crippen LogP contribution in [0.15, 0.2) is 24.3 Å². The number of aliphatic carboxylic acids is 2. The molecular weight excluding hydrogens is 556 g/mol. The van der Waals surface area contributed by atoms with E-state index < -0.39 is 24.1 Å². The molecule has 0 saturated carbocycles. The van der Waals surface area contributed by atoms with Gasteiger partial charge in [0.1, 0.15) is 0 Å². The first kappa shape index (κ1) is 47.0. The van der Waals surface area contributed by atoms with Gasteiger partial charge in [-0.2, -0.15) is 0 Å². The maximum atomic E-state index is 9.60. The number of carboxylic acid groups (broad SMARTS) is 2. The Morgan fingerprint density at radius 1 is 0.524 bits per heavy atom. The summed E-state index contributed by atoms with van der Waals surface area (Å²) < 4.78 is 26.7. The minimum absolute atomic E-state index is 0.0145. The molecule has 0 aliphatic heterocycles. The molecule has 0 heterocycles. The van der Waals surface area contributed by atoms with Gasteiger partial charge in [-0.1, -0.05) is 13.2 Å². The van der Waals surface area contributed by atoms with Gasteiger partial charge in [-0.15, -0.1) is 0 Å². The molecule has 13 heteroatoms. The SMILES string of the molecule is C=C(C)C(=O)O.C=C(C)C(=O)O.CC(O)COC(C)COC(C)CO.CC(O)COC(C)COC(C)COC(C)CO. The Labute approximate surface area is 251 Å². The lowest BCUT2D eigenvalue weighted by Crippen LogP contribution is -2.27. The number of aliphatic hydroxyl groups excluding tert-OH is 4. The summed E-state index contributed by atoms with van der Waals surface area (Å²) in [4.78, 5) is 19.2. The summed E-state index contributed by atoms with van der Waals surface area (Å²) in [5.41, 5.74) is 0.352. The minimum atomic E-state index is -0.935. The molecule has 6 N–H and O–H groups in total. The molecule has 0 aromatic rings. The van der Waals surface area contributed by atoms with Crippen LogP contribution >= 0.6 is 0 Å². The van der Waals surface area contributed by atoms with Gasteiger partial charge in [0, 0.05) is 11.1 Å². The van der Waals surface area contributed by atoms with Crippen LogP contribution in [-0.2, 0) is 33.3 Å². The van der Waals surface area contributed by atoms with Gasteiger partial charge in [-0.3, -0.25) is 0 Å². The third kappa shape index (κ3) is 42.5. The quantitative estimate of drug-likeness (QED) is 0.116. The summed E-state index contributed by atoms with van der Waals surface area (Å²) in [5, 5.41) is 51.2. The first-order valence-corrected chi connectivity index (χ1v) is 13.7. The molecule has 0 rings (SSSR count). The lowest BCUT2D eigenvalue weighted by atomic mass is 10.3. The van der Waals surface area contributed by atoms with E-state index in [0.717, 1.165) is 0 Å². The average Bonchev–Trinajstić information content (AvgIpc) is 2.91. The second-order valence-corrected chi connectivity index (χ2v) is 9.95. The Bertz CT molecular complexity index is 634. The van der Waals surface area contributed by atoms with Crippen molar-refractivity contribution in [1.29, 1.82) is 0 Å². The van der Waals surface area contributed by atoms with Crippen molar-refractivity contribution >= 4 is 11.9 Å². The monoisotopic (exact) mass is 614 g/mol. The highest BCUT2D eigenvalue weighted by Gasteiger charge is 2.10. The van der Waals surface area contributed by atoms with Crippen LogP contribution in [0.25, 0.3) is 0 Å². The van der Waals surface area contributed by atoms with Gasteiger partial charge in [0.05, 0.1) is 89.0 Å². The summed E-state index contributed by atoms with van der Waals surface area (Å²) >= 11 is 0. The summed E-state index contributed by atoms with van der Waals surface area (Å²) in [6.07, 6.45) is -1.36. The van der Waals surface area contributed by atoms with E-state index in [1.54, 1.807) is 27.7 Å². The van der Waals surface area contributed by atoms with Crippen molar-refractivity contribution in [2.75, 3.05) is 46.2 Å². The molecule has 0 spiro atoms. The van der Waals surface area contributed by atoms with Crippen LogP contribution in [0.2, 0.25) is 0 Å². The van der Waals surface area contributed by atoms with Crippen molar-refractivity contribution in [2.24, 2.45) is 0 Å². The minimum Gasteiger partial charge on any atom is -0.478 e. The molecule has 0 fully saturated rings. The highest BCUT2D eigenvalue weighted by atomic mass is 16.6. The fraction of sp³-hybridized carbons (Fsp3) is 0.793. The summed E-state index contributed by atoms with van der Waals surface area (Å²) in [6, 6.07) is 0. The van der Waals surface area contributed by atoms with Gasteiger partial charge in [-0.05, 0) is 62.3 Å². The normalized spacial score (nSPS) is 15.4. The van der Waals surface area contributed by atoms with E-state index in [9.17, 15) is 9.59 Å². The van der Waals surface area contributed by atoms with Crippen molar-refractivity contribution < 1.29 is 63.9 Å². The number of carbonyl (C=O) groups is 2. The van der Waals surface area contributed by atoms with E-state index in [4.69, 9.17) is 54.3 Å². The van der Waals surface area contributed by atoms with E-state index in [0.29, 0.717) is 33.0 Å². The molecule has 0 radical (unpaired) electrons. The van der Waals surface area contributed by atoms with E-state index in [2.05, 4.69) is 13.2 Å². The molecular formula is C29H58O13. The molecule has 252 valence electrons. The fourth-order valence-electron chi connectivity index (χ4n) is 1.76. The summed E-state index contributed by atoms with van der Waals surface area (Å²) in [6.45, 7) is 23.8. The average molecular weight is 615 g/mol. The number of carboxylic acids is 2. The predicted octanol–water partition coefficient (Wildman–Crippen LogP) is 2.04. The van der Waals surface area contributed by atoms with E-state index >= 15 is 0 Å². The van der Waals surface area contributed by atoms with Crippen LogP contribution in [0.5, 0.6) is 0 Å². The standard InChI is InChI=1S/C12H26O5.C9H20O4.2C4H6O2/c1-9(14)6-15-11(3)8-17-12(4)7-16-10(2)5-13;1-7(11)5-12-9(3)6-13-8(2)4-10;2*1-3(2)4(5)6/h9-14H,5-8H2,1-4H3;7-11H,4-6H2,1-3H3;2*1H2,2H3,(H,5,6). The predicted molar refractivity (Wildman–Crippen MR) is 160 cm³/mol. The van der Waals surface area contributed by atoms with Gasteiger partial charge in [0.2, 0.25) is 0 Å².